The second kappa shape index (κ2) is 5.49. The lowest BCUT2D eigenvalue weighted by molar-refractivity contribution is -0.279. The van der Waals surface area contributed by atoms with E-state index in [9.17, 15) is 35.9 Å². The summed E-state index contributed by atoms with van der Waals surface area (Å²) in [5.74, 6) is -7.87. The lowest BCUT2D eigenvalue weighted by Crippen LogP contribution is -2.47. The number of hydrogen-bond donors (Lipinski definition) is 0. The van der Waals surface area contributed by atoms with Gasteiger partial charge >= 0.3 is 24.3 Å². The van der Waals surface area contributed by atoms with Crippen molar-refractivity contribution in [2.45, 2.75) is 50.2 Å². The molecule has 0 aliphatic heterocycles. The predicted molar refractivity (Wildman–Crippen MR) is 50.1 cm³/mol. The average Bonchev–Trinajstić information content (AvgIpc) is 2.27. The van der Waals surface area contributed by atoms with Crippen molar-refractivity contribution >= 4 is 11.9 Å². The monoisotopic (exact) mass is 308 g/mol. The van der Waals surface area contributed by atoms with Crippen LogP contribution in [-0.4, -0.2) is 30.1 Å². The summed E-state index contributed by atoms with van der Waals surface area (Å²) in [6, 6.07) is 0. The zero-order chi connectivity index (χ0) is 15.6. The van der Waals surface area contributed by atoms with Crippen LogP contribution in [0.1, 0.15) is 32.1 Å². The molecule has 0 unspecified atom stereocenters. The van der Waals surface area contributed by atoms with Crippen molar-refractivity contribution in [1.82, 2.24) is 0 Å². The zero-order valence-electron chi connectivity index (χ0n) is 9.94. The van der Waals surface area contributed by atoms with Gasteiger partial charge < -0.3 is 9.47 Å². The van der Waals surface area contributed by atoms with Crippen LogP contribution in [0.2, 0.25) is 0 Å². The molecule has 0 spiro atoms. The lowest BCUT2D eigenvalue weighted by atomic mass is 9.94. The van der Waals surface area contributed by atoms with Gasteiger partial charge in [0, 0.05) is 12.8 Å². The minimum atomic E-state index is -5.38. The molecule has 0 atom stereocenters. The fourth-order valence-corrected chi connectivity index (χ4v) is 1.77. The summed E-state index contributed by atoms with van der Waals surface area (Å²) in [5, 5.41) is 0. The van der Waals surface area contributed by atoms with Crippen LogP contribution in [0.4, 0.5) is 26.3 Å². The minimum Gasteiger partial charge on any atom is -0.416 e. The van der Waals surface area contributed by atoms with Crippen molar-refractivity contribution in [2.75, 3.05) is 0 Å². The van der Waals surface area contributed by atoms with E-state index in [1.54, 1.807) is 0 Å². The van der Waals surface area contributed by atoms with E-state index in [2.05, 4.69) is 9.47 Å². The molecule has 0 bridgehead atoms. The SMILES string of the molecule is O=C(OC1(OC(=O)C(F)(F)F)CCCCC1)C(F)(F)F. The fourth-order valence-electron chi connectivity index (χ4n) is 1.77. The molecule has 0 aromatic heterocycles. The third-order valence-electron chi connectivity index (χ3n) is 2.64. The van der Waals surface area contributed by atoms with Crippen molar-refractivity contribution in [3.8, 4) is 0 Å². The van der Waals surface area contributed by atoms with E-state index in [0.29, 0.717) is 6.42 Å². The molecule has 20 heavy (non-hydrogen) atoms. The summed E-state index contributed by atoms with van der Waals surface area (Å²) in [7, 11) is 0. The zero-order valence-corrected chi connectivity index (χ0v) is 9.94. The molecule has 1 aliphatic carbocycles. The van der Waals surface area contributed by atoms with Crippen LogP contribution < -0.4 is 0 Å². The third kappa shape index (κ3) is 4.27. The van der Waals surface area contributed by atoms with E-state index in [1.165, 1.54) is 0 Å². The van der Waals surface area contributed by atoms with Gasteiger partial charge in [-0.2, -0.15) is 26.3 Å². The number of rotatable bonds is 2. The molecule has 1 fully saturated rings. The molecule has 1 rings (SSSR count). The molecule has 0 N–H and O–H groups in total. The number of ether oxygens (including phenoxy) is 2. The number of hydrogen-bond acceptors (Lipinski definition) is 4. The highest BCUT2D eigenvalue weighted by atomic mass is 19.4. The van der Waals surface area contributed by atoms with Crippen LogP contribution in [0.25, 0.3) is 0 Å². The Morgan fingerprint density at radius 3 is 1.40 bits per heavy atom. The Labute approximate surface area is 109 Å². The van der Waals surface area contributed by atoms with E-state index < -0.39 is 42.9 Å². The van der Waals surface area contributed by atoms with Crippen LogP contribution >= 0.6 is 0 Å². The van der Waals surface area contributed by atoms with Gasteiger partial charge in [-0.3, -0.25) is 0 Å². The van der Waals surface area contributed by atoms with Gasteiger partial charge in [-0.05, 0) is 12.8 Å². The normalized spacial score (nSPS) is 19.3. The Morgan fingerprint density at radius 2 is 1.10 bits per heavy atom. The molecule has 0 aromatic carbocycles. The van der Waals surface area contributed by atoms with Gasteiger partial charge in [0.1, 0.15) is 0 Å². The highest BCUT2D eigenvalue weighted by Crippen LogP contribution is 2.36. The first-order chi connectivity index (χ1) is 8.96. The van der Waals surface area contributed by atoms with Crippen LogP contribution in [-0.2, 0) is 19.1 Å². The Kier molecular flexibility index (Phi) is 4.55. The Balaban J connectivity index is 2.87. The largest absolute Gasteiger partial charge is 0.491 e. The second-order valence-electron chi connectivity index (χ2n) is 4.25. The van der Waals surface area contributed by atoms with Crippen molar-refractivity contribution in [2.24, 2.45) is 0 Å². The van der Waals surface area contributed by atoms with E-state index in [1.807, 2.05) is 0 Å². The molecule has 0 amide bonds. The van der Waals surface area contributed by atoms with E-state index in [-0.39, 0.29) is 12.8 Å². The molecule has 116 valence electrons. The van der Waals surface area contributed by atoms with E-state index >= 15 is 0 Å². The maximum absolute atomic E-state index is 12.1. The van der Waals surface area contributed by atoms with E-state index in [4.69, 9.17) is 0 Å². The maximum atomic E-state index is 12.1. The van der Waals surface area contributed by atoms with Crippen LogP contribution in [0, 0.1) is 0 Å². The first-order valence-corrected chi connectivity index (χ1v) is 5.57. The Bertz CT molecular complexity index is 350. The summed E-state index contributed by atoms with van der Waals surface area (Å²) in [6.45, 7) is 0. The summed E-state index contributed by atoms with van der Waals surface area (Å²) < 4.78 is 80.7. The molecule has 0 aromatic rings. The first kappa shape index (κ1) is 16.6. The highest BCUT2D eigenvalue weighted by molar-refractivity contribution is 5.78. The molecule has 1 saturated carbocycles. The van der Waals surface area contributed by atoms with Crippen molar-refractivity contribution in [3.63, 3.8) is 0 Å². The summed E-state index contributed by atoms with van der Waals surface area (Å²) in [4.78, 5) is 21.5. The summed E-state index contributed by atoms with van der Waals surface area (Å²) >= 11 is 0. The smallest absolute Gasteiger partial charge is 0.416 e. The highest BCUT2D eigenvalue weighted by Gasteiger charge is 2.52. The van der Waals surface area contributed by atoms with Crippen molar-refractivity contribution in [1.29, 1.82) is 0 Å². The molecule has 0 saturated heterocycles. The van der Waals surface area contributed by atoms with Crippen molar-refractivity contribution in [3.05, 3.63) is 0 Å². The van der Waals surface area contributed by atoms with Crippen LogP contribution in [0.3, 0.4) is 0 Å². The summed E-state index contributed by atoms with van der Waals surface area (Å²) in [5.41, 5.74) is 0. The maximum Gasteiger partial charge on any atom is 0.491 e. The first-order valence-electron chi connectivity index (χ1n) is 5.57. The van der Waals surface area contributed by atoms with Crippen LogP contribution in [0.15, 0.2) is 0 Å². The molecule has 1 aliphatic rings. The molecule has 0 radical (unpaired) electrons. The minimum absolute atomic E-state index is 0.177. The number of carbonyl (C=O) groups excluding carboxylic acids is 2. The number of alkyl halides is 6. The predicted octanol–water partition coefficient (Wildman–Crippen LogP) is 2.86. The molecule has 0 heterocycles. The van der Waals surface area contributed by atoms with Gasteiger partial charge in [0.15, 0.2) is 0 Å². The Morgan fingerprint density at radius 1 is 0.750 bits per heavy atom. The molecule has 4 nitrogen and oxygen atoms in total. The lowest BCUT2D eigenvalue weighted by Gasteiger charge is -2.35. The average molecular weight is 308 g/mol. The molecule has 10 heteroatoms. The molecular formula is C10H10F6O4. The van der Waals surface area contributed by atoms with Gasteiger partial charge in [-0.15, -0.1) is 0 Å². The second-order valence-corrected chi connectivity index (χ2v) is 4.25. The van der Waals surface area contributed by atoms with Crippen LogP contribution in [0.5, 0.6) is 0 Å². The topological polar surface area (TPSA) is 52.6 Å². The standard InChI is InChI=1S/C10H10F6O4/c11-9(12,13)6(17)19-8(4-2-1-3-5-8)20-7(18)10(14,15)16/h1-5H2. The fraction of sp³-hybridized carbons (Fsp3) is 0.800. The number of esters is 2. The summed E-state index contributed by atoms with van der Waals surface area (Å²) in [6.07, 6.45) is -10.7. The van der Waals surface area contributed by atoms with Gasteiger partial charge in [0.25, 0.3) is 5.79 Å². The quantitative estimate of drug-likeness (QED) is 0.447. The van der Waals surface area contributed by atoms with Gasteiger partial charge in [0.2, 0.25) is 0 Å². The number of carbonyl (C=O) groups is 2. The van der Waals surface area contributed by atoms with Gasteiger partial charge in [0.05, 0.1) is 0 Å². The number of halogens is 6. The van der Waals surface area contributed by atoms with Gasteiger partial charge in [-0.1, -0.05) is 6.42 Å². The van der Waals surface area contributed by atoms with Crippen molar-refractivity contribution < 1.29 is 45.4 Å². The van der Waals surface area contributed by atoms with E-state index in [0.717, 1.165) is 0 Å². The third-order valence-corrected chi connectivity index (χ3v) is 2.64. The molecular weight excluding hydrogens is 298 g/mol. The Hall–Kier alpha value is -1.48. The van der Waals surface area contributed by atoms with Gasteiger partial charge in [-0.25, -0.2) is 9.59 Å².